The van der Waals surface area contributed by atoms with Gasteiger partial charge < -0.3 is 19.1 Å². The van der Waals surface area contributed by atoms with Gasteiger partial charge in [-0.15, -0.1) is 0 Å². The lowest BCUT2D eigenvalue weighted by Crippen LogP contribution is -2.40. The fraction of sp³-hybridized carbons (Fsp3) is 0.609. The van der Waals surface area contributed by atoms with Gasteiger partial charge in [-0.2, -0.15) is 5.10 Å². The Hall–Kier alpha value is -2.81. The summed E-state index contributed by atoms with van der Waals surface area (Å²) in [7, 11) is 4.80. The van der Waals surface area contributed by atoms with E-state index in [4.69, 9.17) is 14.2 Å². The van der Waals surface area contributed by atoms with Crippen molar-refractivity contribution >= 4 is 5.91 Å². The van der Waals surface area contributed by atoms with Crippen molar-refractivity contribution in [3.8, 4) is 11.5 Å². The molecule has 9 heteroatoms. The first-order valence-corrected chi connectivity index (χ1v) is 11.2. The van der Waals surface area contributed by atoms with Crippen molar-refractivity contribution in [1.29, 1.82) is 0 Å². The lowest BCUT2D eigenvalue weighted by molar-refractivity contribution is -0.131. The summed E-state index contributed by atoms with van der Waals surface area (Å²) in [6, 6.07) is 5.80. The maximum atomic E-state index is 13.1. The highest BCUT2D eigenvalue weighted by Crippen LogP contribution is 2.37. The molecule has 1 aliphatic carbocycles. The summed E-state index contributed by atoms with van der Waals surface area (Å²) < 4.78 is 19.2. The summed E-state index contributed by atoms with van der Waals surface area (Å²) in [5.41, 5.74) is 0.821. The zero-order valence-electron chi connectivity index (χ0n) is 19.1. The summed E-state index contributed by atoms with van der Waals surface area (Å²) in [5, 5.41) is 4.67. The van der Waals surface area contributed by atoms with Crippen LogP contribution >= 0.6 is 0 Å². The quantitative estimate of drug-likeness (QED) is 0.588. The molecule has 9 nitrogen and oxygen atoms in total. The predicted octanol–water partition coefficient (Wildman–Crippen LogP) is 1.99. The normalized spacial score (nSPS) is 18.6. The van der Waals surface area contributed by atoms with Crippen molar-refractivity contribution in [2.24, 2.45) is 0 Å². The number of likely N-dealkylation sites (tertiary alicyclic amines) is 1. The summed E-state index contributed by atoms with van der Waals surface area (Å²) >= 11 is 0. The van der Waals surface area contributed by atoms with Gasteiger partial charge in [0.1, 0.15) is 5.82 Å². The highest BCUT2D eigenvalue weighted by Gasteiger charge is 2.35. The number of rotatable bonds is 9. The van der Waals surface area contributed by atoms with E-state index in [-0.39, 0.29) is 23.6 Å². The number of ether oxygens (including phenoxy) is 3. The van der Waals surface area contributed by atoms with Crippen LogP contribution in [0.1, 0.15) is 49.0 Å². The van der Waals surface area contributed by atoms with E-state index in [1.807, 2.05) is 27.7 Å². The third-order valence-corrected chi connectivity index (χ3v) is 6.26. The van der Waals surface area contributed by atoms with Crippen molar-refractivity contribution < 1.29 is 19.0 Å². The molecule has 1 unspecified atom stereocenters. The van der Waals surface area contributed by atoms with Gasteiger partial charge in [0.2, 0.25) is 5.91 Å². The Kier molecular flexibility index (Phi) is 6.83. The van der Waals surface area contributed by atoms with Gasteiger partial charge in [0, 0.05) is 32.2 Å². The van der Waals surface area contributed by atoms with Gasteiger partial charge in [0.25, 0.3) is 0 Å². The van der Waals surface area contributed by atoms with Crippen LogP contribution in [0.25, 0.3) is 0 Å². The predicted molar refractivity (Wildman–Crippen MR) is 118 cm³/mol. The van der Waals surface area contributed by atoms with Gasteiger partial charge in [-0.25, -0.2) is 9.48 Å². The van der Waals surface area contributed by atoms with E-state index in [0.717, 1.165) is 43.6 Å². The van der Waals surface area contributed by atoms with E-state index < -0.39 is 0 Å². The maximum Gasteiger partial charge on any atom is 0.346 e. The second-order valence-corrected chi connectivity index (χ2v) is 8.50. The molecule has 0 spiro atoms. The molecule has 1 saturated carbocycles. The van der Waals surface area contributed by atoms with Gasteiger partial charge in [0.05, 0.1) is 33.8 Å². The molecule has 1 aliphatic heterocycles. The second-order valence-electron chi connectivity index (χ2n) is 8.50. The van der Waals surface area contributed by atoms with E-state index in [2.05, 4.69) is 5.10 Å². The number of amides is 1. The number of nitrogens with zero attached hydrogens (tertiary/aromatic N) is 4. The zero-order valence-corrected chi connectivity index (χ0v) is 19.1. The Morgan fingerprint density at radius 1 is 1.12 bits per heavy atom. The molecule has 1 saturated heterocycles. The minimum absolute atomic E-state index is 0.0617. The molecule has 1 aromatic carbocycles. The highest BCUT2D eigenvalue weighted by molar-refractivity contribution is 5.79. The van der Waals surface area contributed by atoms with Crippen LogP contribution in [-0.2, 0) is 22.5 Å². The molecule has 4 rings (SSSR count). The molecule has 1 atom stereocenters. The first-order chi connectivity index (χ1) is 15.5. The van der Waals surface area contributed by atoms with Crippen LogP contribution < -0.4 is 15.2 Å². The van der Waals surface area contributed by atoms with Crippen molar-refractivity contribution in [2.45, 2.75) is 50.6 Å². The topological polar surface area (TPSA) is 87.8 Å². The minimum Gasteiger partial charge on any atom is -0.493 e. The number of carbonyl (C=O) groups is 1. The zero-order chi connectivity index (χ0) is 22.7. The summed E-state index contributed by atoms with van der Waals surface area (Å²) in [5.74, 6) is 2.21. The molecule has 174 valence electrons. The molecule has 2 fully saturated rings. The molecule has 32 heavy (non-hydrogen) atoms. The van der Waals surface area contributed by atoms with E-state index in [1.165, 1.54) is 4.68 Å². The number of aromatic nitrogens is 3. The maximum absolute atomic E-state index is 13.1. The van der Waals surface area contributed by atoms with E-state index in [0.29, 0.717) is 37.6 Å². The van der Waals surface area contributed by atoms with Crippen LogP contribution in [0, 0.1) is 0 Å². The average Bonchev–Trinajstić information content (AvgIpc) is 3.60. The van der Waals surface area contributed by atoms with Gasteiger partial charge >= 0.3 is 5.69 Å². The Balaban J connectivity index is 1.49. The standard InChI is InChI=1S/C23H32N4O5/c1-30-12-11-26-23(29)27(18-7-8-18)22(24-26)17-5-4-10-25(15-17)21(28)14-16-6-9-19(31-2)20(13-16)32-3/h6,9,13,17-18H,4-5,7-8,10-12,14-15H2,1-3H3. The lowest BCUT2D eigenvalue weighted by atomic mass is 9.96. The Bertz CT molecular complexity index is 1010. The van der Waals surface area contributed by atoms with Gasteiger partial charge in [-0.1, -0.05) is 6.07 Å². The van der Waals surface area contributed by atoms with E-state index in [9.17, 15) is 9.59 Å². The largest absolute Gasteiger partial charge is 0.493 e. The second kappa shape index (κ2) is 9.77. The van der Waals surface area contributed by atoms with Gasteiger partial charge in [-0.05, 0) is 43.4 Å². The average molecular weight is 445 g/mol. The van der Waals surface area contributed by atoms with Crippen LogP contribution in [-0.4, -0.2) is 66.2 Å². The molecule has 1 amide bonds. The Morgan fingerprint density at radius 3 is 2.59 bits per heavy atom. The fourth-order valence-electron chi connectivity index (χ4n) is 4.41. The fourth-order valence-corrected chi connectivity index (χ4v) is 4.41. The number of methoxy groups -OCH3 is 3. The molecule has 2 heterocycles. The monoisotopic (exact) mass is 444 g/mol. The molecule has 2 aliphatic rings. The Morgan fingerprint density at radius 2 is 1.91 bits per heavy atom. The number of benzene rings is 1. The third kappa shape index (κ3) is 4.67. The molecule has 2 aromatic rings. The molecular formula is C23H32N4O5. The molecule has 0 N–H and O–H groups in total. The molecular weight excluding hydrogens is 412 g/mol. The smallest absolute Gasteiger partial charge is 0.346 e. The van der Waals surface area contributed by atoms with Crippen LogP contribution in [0.15, 0.2) is 23.0 Å². The number of piperidine rings is 1. The van der Waals surface area contributed by atoms with Crippen molar-refractivity contribution in [1.82, 2.24) is 19.2 Å². The van der Waals surface area contributed by atoms with Crippen LogP contribution in [0.2, 0.25) is 0 Å². The van der Waals surface area contributed by atoms with Gasteiger partial charge in [0.15, 0.2) is 11.5 Å². The molecule has 0 radical (unpaired) electrons. The first-order valence-electron chi connectivity index (χ1n) is 11.2. The third-order valence-electron chi connectivity index (χ3n) is 6.26. The number of hydrogen-bond donors (Lipinski definition) is 0. The van der Waals surface area contributed by atoms with Crippen LogP contribution in [0.3, 0.4) is 0 Å². The van der Waals surface area contributed by atoms with Crippen molar-refractivity contribution in [3.05, 3.63) is 40.1 Å². The minimum atomic E-state index is -0.0617. The van der Waals surface area contributed by atoms with Crippen molar-refractivity contribution in [3.63, 3.8) is 0 Å². The Labute approximate surface area is 187 Å². The number of carbonyl (C=O) groups excluding carboxylic acids is 1. The highest BCUT2D eigenvalue weighted by atomic mass is 16.5. The van der Waals surface area contributed by atoms with E-state index >= 15 is 0 Å². The first kappa shape index (κ1) is 22.4. The summed E-state index contributed by atoms with van der Waals surface area (Å²) in [6.07, 6.45) is 4.14. The van der Waals surface area contributed by atoms with Crippen LogP contribution in [0.4, 0.5) is 0 Å². The number of hydrogen-bond acceptors (Lipinski definition) is 6. The SMILES string of the molecule is COCCn1nc(C2CCCN(C(=O)Cc3ccc(OC)c(OC)c3)C2)n(C2CC2)c1=O. The lowest BCUT2D eigenvalue weighted by Gasteiger charge is -2.32. The molecule has 0 bridgehead atoms. The summed E-state index contributed by atoms with van der Waals surface area (Å²) in [4.78, 5) is 27.9. The van der Waals surface area contributed by atoms with Crippen LogP contribution in [0.5, 0.6) is 11.5 Å². The molecule has 1 aromatic heterocycles. The van der Waals surface area contributed by atoms with Gasteiger partial charge in [-0.3, -0.25) is 9.36 Å². The van der Waals surface area contributed by atoms with Crippen molar-refractivity contribution in [2.75, 3.05) is 41.0 Å². The van der Waals surface area contributed by atoms with E-state index in [1.54, 1.807) is 21.3 Å². The summed E-state index contributed by atoms with van der Waals surface area (Å²) in [6.45, 7) is 2.19.